The Labute approximate surface area is 259 Å². The van der Waals surface area contributed by atoms with E-state index in [1.54, 1.807) is 41.5 Å². The van der Waals surface area contributed by atoms with E-state index < -0.39 is 59.9 Å². The molecule has 0 aromatic rings. The molecule has 0 radical (unpaired) electrons. The van der Waals surface area contributed by atoms with Gasteiger partial charge in [0.1, 0.15) is 32.0 Å². The van der Waals surface area contributed by atoms with Crippen LogP contribution in [0.3, 0.4) is 0 Å². The van der Waals surface area contributed by atoms with Gasteiger partial charge in [-0.2, -0.15) is 0 Å². The van der Waals surface area contributed by atoms with Gasteiger partial charge in [0.2, 0.25) is 0 Å². The van der Waals surface area contributed by atoms with Gasteiger partial charge in [-0.3, -0.25) is 0 Å². The lowest BCUT2D eigenvalue weighted by molar-refractivity contribution is -0.172. The first-order valence-electron chi connectivity index (χ1n) is 14.8. The van der Waals surface area contributed by atoms with Gasteiger partial charge in [-0.15, -0.1) is 0 Å². The molecule has 0 aromatic carbocycles. The molecule has 15 nitrogen and oxygen atoms in total. The molecule has 0 aliphatic heterocycles. The van der Waals surface area contributed by atoms with Gasteiger partial charge < -0.3 is 52.8 Å². The first kappa shape index (κ1) is 41.3. The van der Waals surface area contributed by atoms with Crippen LogP contribution in [0.2, 0.25) is 0 Å². The maximum absolute atomic E-state index is 12.1. The number of esters is 2. The Morgan fingerprint density at radius 3 is 1.43 bits per heavy atom. The Morgan fingerprint density at radius 1 is 0.591 bits per heavy atom. The highest BCUT2D eigenvalue weighted by Crippen LogP contribution is 2.14. The molecule has 0 spiro atoms. The number of rotatable bonds is 23. The SMILES string of the molecule is CCC(O)COC(=O)C(C)(C)OCCCOC(=O)OC(C)COCC(C)OC(=O)OCCOC(C)(C)C(=O)OCC(O)CC. The first-order valence-corrected chi connectivity index (χ1v) is 14.8. The summed E-state index contributed by atoms with van der Waals surface area (Å²) in [5.74, 6) is -1.26. The number of carbonyl (C=O) groups excluding carboxylic acids is 4. The summed E-state index contributed by atoms with van der Waals surface area (Å²) in [6.07, 6.45) is -3.44. The first-order chi connectivity index (χ1) is 20.5. The molecule has 0 heterocycles. The van der Waals surface area contributed by atoms with Crippen molar-refractivity contribution in [2.45, 2.75) is 110 Å². The van der Waals surface area contributed by atoms with Gasteiger partial charge in [0.05, 0.1) is 45.2 Å². The Balaban J connectivity index is 4.03. The largest absolute Gasteiger partial charge is 0.508 e. The van der Waals surface area contributed by atoms with E-state index in [0.717, 1.165) is 0 Å². The molecule has 0 aromatic heterocycles. The summed E-state index contributed by atoms with van der Waals surface area (Å²) in [6, 6.07) is 0. The van der Waals surface area contributed by atoms with E-state index in [0.29, 0.717) is 19.3 Å². The van der Waals surface area contributed by atoms with Crippen LogP contribution < -0.4 is 0 Å². The topological polar surface area (TPSA) is 192 Å². The van der Waals surface area contributed by atoms with E-state index in [9.17, 15) is 29.4 Å². The molecular weight excluding hydrogens is 588 g/mol. The summed E-state index contributed by atoms with van der Waals surface area (Å²) >= 11 is 0. The summed E-state index contributed by atoms with van der Waals surface area (Å²) < 4.78 is 46.4. The highest BCUT2D eigenvalue weighted by atomic mass is 16.7. The molecule has 0 saturated heterocycles. The van der Waals surface area contributed by atoms with Gasteiger partial charge in [-0.1, -0.05) is 13.8 Å². The molecule has 0 aliphatic carbocycles. The summed E-state index contributed by atoms with van der Waals surface area (Å²) in [6.45, 7) is 12.4. The van der Waals surface area contributed by atoms with E-state index in [-0.39, 0.29) is 52.9 Å². The van der Waals surface area contributed by atoms with Crippen molar-refractivity contribution in [2.75, 3.05) is 52.9 Å². The highest BCUT2D eigenvalue weighted by molar-refractivity contribution is 5.79. The van der Waals surface area contributed by atoms with Gasteiger partial charge in [-0.25, -0.2) is 19.2 Å². The van der Waals surface area contributed by atoms with E-state index >= 15 is 0 Å². The highest BCUT2D eigenvalue weighted by Gasteiger charge is 2.32. The summed E-state index contributed by atoms with van der Waals surface area (Å²) in [4.78, 5) is 47.9. The minimum Gasteiger partial charge on any atom is -0.461 e. The number of carbonyl (C=O) groups is 4. The quantitative estimate of drug-likeness (QED) is 0.0940. The Hall–Kier alpha value is -2.72. The van der Waals surface area contributed by atoms with Crippen LogP contribution in [-0.2, 0) is 52.2 Å². The minimum atomic E-state index is -1.30. The fourth-order valence-electron chi connectivity index (χ4n) is 2.87. The minimum absolute atomic E-state index is 0.00376. The van der Waals surface area contributed by atoms with E-state index in [1.807, 2.05) is 0 Å². The molecular formula is C29H52O15. The molecule has 15 heteroatoms. The molecule has 2 N–H and O–H groups in total. The summed E-state index contributed by atoms with van der Waals surface area (Å²) in [5.41, 5.74) is -2.52. The van der Waals surface area contributed by atoms with Gasteiger partial charge in [0.25, 0.3) is 0 Å². The zero-order valence-corrected chi connectivity index (χ0v) is 27.3. The van der Waals surface area contributed by atoms with Crippen molar-refractivity contribution in [3.63, 3.8) is 0 Å². The number of aliphatic hydroxyl groups excluding tert-OH is 2. The Kier molecular flexibility index (Phi) is 20.5. The molecule has 0 saturated carbocycles. The normalized spacial score (nSPS) is 14.5. The average Bonchev–Trinajstić information content (AvgIpc) is 2.95. The van der Waals surface area contributed by atoms with Crippen molar-refractivity contribution in [1.82, 2.24) is 0 Å². The maximum atomic E-state index is 12.1. The zero-order chi connectivity index (χ0) is 33.8. The third-order valence-electron chi connectivity index (χ3n) is 5.78. The van der Waals surface area contributed by atoms with Crippen molar-refractivity contribution in [3.05, 3.63) is 0 Å². The molecule has 4 unspecified atom stereocenters. The summed E-state index contributed by atoms with van der Waals surface area (Å²) in [5, 5.41) is 19.0. The maximum Gasteiger partial charge on any atom is 0.508 e. The van der Waals surface area contributed by atoms with E-state index in [1.165, 1.54) is 13.8 Å². The summed E-state index contributed by atoms with van der Waals surface area (Å²) in [7, 11) is 0. The van der Waals surface area contributed by atoms with Gasteiger partial charge in [0.15, 0.2) is 11.2 Å². The van der Waals surface area contributed by atoms with Crippen molar-refractivity contribution in [2.24, 2.45) is 0 Å². The Bertz CT molecular complexity index is 845. The van der Waals surface area contributed by atoms with Gasteiger partial charge >= 0.3 is 24.2 Å². The molecule has 0 fully saturated rings. The lowest BCUT2D eigenvalue weighted by Gasteiger charge is -2.24. The second kappa shape index (κ2) is 21.9. The van der Waals surface area contributed by atoms with Gasteiger partial charge in [0, 0.05) is 6.42 Å². The van der Waals surface area contributed by atoms with Crippen molar-refractivity contribution < 1.29 is 72.0 Å². The van der Waals surface area contributed by atoms with Gasteiger partial charge in [-0.05, 0) is 54.4 Å². The van der Waals surface area contributed by atoms with Crippen LogP contribution in [0, 0.1) is 0 Å². The van der Waals surface area contributed by atoms with E-state index in [4.69, 9.17) is 42.6 Å². The second-order valence-corrected chi connectivity index (χ2v) is 11.0. The molecule has 0 rings (SSSR count). The third-order valence-corrected chi connectivity index (χ3v) is 5.78. The van der Waals surface area contributed by atoms with Crippen LogP contribution in [0.25, 0.3) is 0 Å². The molecule has 258 valence electrons. The molecule has 0 amide bonds. The van der Waals surface area contributed by atoms with Crippen LogP contribution in [0.5, 0.6) is 0 Å². The van der Waals surface area contributed by atoms with Crippen molar-refractivity contribution >= 4 is 24.2 Å². The lowest BCUT2D eigenvalue weighted by atomic mass is 10.1. The number of aliphatic hydroxyl groups is 2. The number of hydrogen-bond donors (Lipinski definition) is 2. The molecule has 0 aliphatic rings. The smallest absolute Gasteiger partial charge is 0.461 e. The number of hydrogen-bond acceptors (Lipinski definition) is 15. The predicted octanol–water partition coefficient (Wildman–Crippen LogP) is 2.70. The third kappa shape index (κ3) is 19.5. The van der Waals surface area contributed by atoms with Crippen LogP contribution in [-0.4, -0.2) is 123 Å². The van der Waals surface area contributed by atoms with Crippen LogP contribution in [0.1, 0.15) is 74.7 Å². The van der Waals surface area contributed by atoms with Crippen LogP contribution >= 0.6 is 0 Å². The fourth-order valence-corrected chi connectivity index (χ4v) is 2.87. The second-order valence-electron chi connectivity index (χ2n) is 11.0. The molecule has 0 bridgehead atoms. The zero-order valence-electron chi connectivity index (χ0n) is 27.3. The van der Waals surface area contributed by atoms with Crippen molar-refractivity contribution in [1.29, 1.82) is 0 Å². The Morgan fingerprint density at radius 2 is 1.00 bits per heavy atom. The van der Waals surface area contributed by atoms with Crippen molar-refractivity contribution in [3.8, 4) is 0 Å². The molecule has 4 atom stereocenters. The monoisotopic (exact) mass is 640 g/mol. The van der Waals surface area contributed by atoms with E-state index in [2.05, 4.69) is 0 Å². The standard InChI is InChI=1S/C29H52O15/c1-9-22(30)18-39-24(32)28(5,6)41-13-11-12-37-26(34)43-20(3)16-36-17-21(4)44-27(35)38-14-15-42-29(7,8)25(33)40-19-23(31)10-2/h20-23,30-31H,9-19H2,1-8H3. The predicted molar refractivity (Wildman–Crippen MR) is 154 cm³/mol. The number of ether oxygens (including phenoxy) is 9. The lowest BCUT2D eigenvalue weighted by Crippen LogP contribution is -2.39. The molecule has 44 heavy (non-hydrogen) atoms. The average molecular weight is 641 g/mol. The van der Waals surface area contributed by atoms with Crippen LogP contribution in [0.4, 0.5) is 9.59 Å². The van der Waals surface area contributed by atoms with Crippen LogP contribution in [0.15, 0.2) is 0 Å². The fraction of sp³-hybridized carbons (Fsp3) is 0.862.